The Kier molecular flexibility index (Phi) is 6.00. The highest BCUT2D eigenvalue weighted by atomic mass is 35.5. The highest BCUT2D eigenvalue weighted by Gasteiger charge is 2.04. The van der Waals surface area contributed by atoms with Gasteiger partial charge in [-0.05, 0) is 54.4 Å². The molecule has 2 N–H and O–H groups in total. The van der Waals surface area contributed by atoms with Crippen LogP contribution in [0.3, 0.4) is 0 Å². The lowest BCUT2D eigenvalue weighted by Crippen LogP contribution is -2.26. The molecule has 0 bridgehead atoms. The fourth-order valence-electron chi connectivity index (χ4n) is 1.88. The Morgan fingerprint density at radius 1 is 1.26 bits per heavy atom. The van der Waals surface area contributed by atoms with Gasteiger partial charge in [-0.2, -0.15) is 5.10 Å². The summed E-state index contributed by atoms with van der Waals surface area (Å²) in [5.41, 5.74) is 5.07. The van der Waals surface area contributed by atoms with E-state index in [1.165, 1.54) is 0 Å². The Morgan fingerprint density at radius 2 is 2.00 bits per heavy atom. The second kappa shape index (κ2) is 8.19. The van der Waals surface area contributed by atoms with E-state index in [1.54, 1.807) is 19.4 Å². The van der Waals surface area contributed by atoms with Gasteiger partial charge in [0.25, 0.3) is 5.91 Å². The molecule has 2 rings (SSSR count). The van der Waals surface area contributed by atoms with Crippen molar-refractivity contribution in [3.63, 3.8) is 0 Å². The molecule has 2 aromatic rings. The van der Waals surface area contributed by atoms with Crippen molar-refractivity contribution >= 4 is 29.4 Å². The highest BCUT2D eigenvalue weighted by Crippen LogP contribution is 2.22. The van der Waals surface area contributed by atoms with E-state index in [0.717, 1.165) is 22.6 Å². The lowest BCUT2D eigenvalue weighted by atomic mass is 10.2. The number of methoxy groups -OCH3 is 1. The Balaban J connectivity index is 1.82. The standard InChI is InChI=1S/C17H18ClN3O2/c1-12-15(18)4-3-5-16(12)19-11-17(22)21-20-10-13-6-8-14(23-2)9-7-13/h3-10,19H,11H2,1-2H3,(H,21,22)/b20-10-. The van der Waals surface area contributed by atoms with E-state index in [2.05, 4.69) is 15.8 Å². The number of carbonyl (C=O) groups excluding carboxylic acids is 1. The molecule has 0 saturated heterocycles. The molecule has 0 fully saturated rings. The zero-order valence-electron chi connectivity index (χ0n) is 13.0. The molecule has 6 heteroatoms. The summed E-state index contributed by atoms with van der Waals surface area (Å²) in [6, 6.07) is 12.9. The van der Waals surface area contributed by atoms with E-state index < -0.39 is 0 Å². The fourth-order valence-corrected chi connectivity index (χ4v) is 2.06. The van der Waals surface area contributed by atoms with E-state index in [0.29, 0.717) is 5.02 Å². The van der Waals surface area contributed by atoms with Gasteiger partial charge in [-0.1, -0.05) is 17.7 Å². The average Bonchev–Trinajstić information content (AvgIpc) is 2.57. The molecular weight excluding hydrogens is 314 g/mol. The van der Waals surface area contributed by atoms with Crippen LogP contribution >= 0.6 is 11.6 Å². The molecule has 0 heterocycles. The summed E-state index contributed by atoms with van der Waals surface area (Å²) in [6.07, 6.45) is 1.57. The zero-order chi connectivity index (χ0) is 16.7. The number of amides is 1. The van der Waals surface area contributed by atoms with Gasteiger partial charge in [-0.3, -0.25) is 4.79 Å². The first kappa shape index (κ1) is 16.8. The minimum absolute atomic E-state index is 0.112. The number of anilines is 1. The van der Waals surface area contributed by atoms with Gasteiger partial charge in [0.1, 0.15) is 5.75 Å². The van der Waals surface area contributed by atoms with Crippen molar-refractivity contribution in [2.45, 2.75) is 6.92 Å². The molecule has 0 aliphatic heterocycles. The SMILES string of the molecule is COc1ccc(/C=N\NC(=O)CNc2cccc(Cl)c2C)cc1. The van der Waals surface area contributed by atoms with Crippen LogP contribution in [0.2, 0.25) is 5.02 Å². The quantitative estimate of drug-likeness (QED) is 0.631. The van der Waals surface area contributed by atoms with Gasteiger partial charge in [-0.25, -0.2) is 5.43 Å². The molecule has 120 valence electrons. The zero-order valence-corrected chi connectivity index (χ0v) is 13.7. The number of hydrazone groups is 1. The normalized spacial score (nSPS) is 10.6. The van der Waals surface area contributed by atoms with Crippen LogP contribution < -0.4 is 15.5 Å². The minimum Gasteiger partial charge on any atom is -0.497 e. The third-order valence-corrected chi connectivity index (χ3v) is 3.64. The van der Waals surface area contributed by atoms with Gasteiger partial charge >= 0.3 is 0 Å². The Hall–Kier alpha value is -2.53. The summed E-state index contributed by atoms with van der Waals surface area (Å²) in [5, 5.41) is 7.61. The maximum atomic E-state index is 11.8. The van der Waals surface area contributed by atoms with Gasteiger partial charge in [0.15, 0.2) is 0 Å². The number of rotatable bonds is 6. The van der Waals surface area contributed by atoms with Crippen LogP contribution in [0, 0.1) is 6.92 Å². The number of nitrogens with one attached hydrogen (secondary N) is 2. The van der Waals surface area contributed by atoms with Crippen molar-refractivity contribution in [3.05, 3.63) is 58.6 Å². The maximum Gasteiger partial charge on any atom is 0.259 e. The number of benzene rings is 2. The summed E-state index contributed by atoms with van der Waals surface area (Å²) in [7, 11) is 1.61. The van der Waals surface area contributed by atoms with E-state index >= 15 is 0 Å². The molecule has 2 aromatic carbocycles. The Morgan fingerprint density at radius 3 is 2.70 bits per heavy atom. The largest absolute Gasteiger partial charge is 0.497 e. The van der Waals surface area contributed by atoms with Crippen LogP contribution in [0.5, 0.6) is 5.75 Å². The number of hydrogen-bond acceptors (Lipinski definition) is 4. The fraction of sp³-hybridized carbons (Fsp3) is 0.176. The smallest absolute Gasteiger partial charge is 0.259 e. The van der Waals surface area contributed by atoms with Crippen molar-refractivity contribution < 1.29 is 9.53 Å². The predicted molar refractivity (Wildman–Crippen MR) is 93.4 cm³/mol. The van der Waals surface area contributed by atoms with Crippen molar-refractivity contribution in [2.75, 3.05) is 19.0 Å². The van der Waals surface area contributed by atoms with Crippen LogP contribution in [0.15, 0.2) is 47.6 Å². The third-order valence-electron chi connectivity index (χ3n) is 3.23. The number of ether oxygens (including phenoxy) is 1. The van der Waals surface area contributed by atoms with Crippen molar-refractivity contribution in [1.29, 1.82) is 0 Å². The van der Waals surface area contributed by atoms with Crippen molar-refractivity contribution in [2.24, 2.45) is 5.10 Å². The van der Waals surface area contributed by atoms with E-state index in [4.69, 9.17) is 16.3 Å². The number of halogens is 1. The van der Waals surface area contributed by atoms with Crippen LogP contribution in [0.4, 0.5) is 5.69 Å². The number of carbonyl (C=O) groups is 1. The lowest BCUT2D eigenvalue weighted by Gasteiger charge is -2.09. The summed E-state index contributed by atoms with van der Waals surface area (Å²) < 4.78 is 5.07. The van der Waals surface area contributed by atoms with Gasteiger partial charge in [0.2, 0.25) is 0 Å². The first-order valence-electron chi connectivity index (χ1n) is 7.05. The number of hydrogen-bond donors (Lipinski definition) is 2. The first-order chi connectivity index (χ1) is 11.1. The molecule has 0 unspecified atom stereocenters. The predicted octanol–water partition coefficient (Wildman–Crippen LogP) is 3.22. The molecule has 0 radical (unpaired) electrons. The molecule has 23 heavy (non-hydrogen) atoms. The van der Waals surface area contributed by atoms with Gasteiger partial charge in [0, 0.05) is 10.7 Å². The lowest BCUT2D eigenvalue weighted by molar-refractivity contribution is -0.119. The topological polar surface area (TPSA) is 62.7 Å². The van der Waals surface area contributed by atoms with Crippen molar-refractivity contribution in [3.8, 4) is 5.75 Å². The monoisotopic (exact) mass is 331 g/mol. The highest BCUT2D eigenvalue weighted by molar-refractivity contribution is 6.31. The molecule has 1 amide bonds. The summed E-state index contributed by atoms with van der Waals surface area (Å²) in [5.74, 6) is 0.529. The molecule has 0 aromatic heterocycles. The van der Waals surface area contributed by atoms with Crippen LogP contribution in [-0.4, -0.2) is 25.8 Å². The molecule has 0 atom stereocenters. The first-order valence-corrected chi connectivity index (χ1v) is 7.43. The summed E-state index contributed by atoms with van der Waals surface area (Å²) in [4.78, 5) is 11.8. The second-order valence-corrected chi connectivity index (χ2v) is 5.24. The third kappa shape index (κ3) is 5.00. The van der Waals surface area contributed by atoms with Crippen LogP contribution in [0.1, 0.15) is 11.1 Å². The van der Waals surface area contributed by atoms with E-state index in [9.17, 15) is 4.79 Å². The van der Waals surface area contributed by atoms with E-state index in [1.807, 2.05) is 43.3 Å². The molecule has 0 aliphatic carbocycles. The molecule has 0 aliphatic rings. The second-order valence-electron chi connectivity index (χ2n) is 4.83. The summed E-state index contributed by atoms with van der Waals surface area (Å²) >= 11 is 6.03. The minimum atomic E-state index is -0.242. The van der Waals surface area contributed by atoms with Crippen molar-refractivity contribution in [1.82, 2.24) is 5.43 Å². The Bertz CT molecular complexity index is 699. The van der Waals surface area contributed by atoms with Crippen LogP contribution in [0.25, 0.3) is 0 Å². The maximum absolute atomic E-state index is 11.8. The Labute approximate surface area is 140 Å². The van der Waals surface area contributed by atoms with E-state index in [-0.39, 0.29) is 12.5 Å². The van der Waals surface area contributed by atoms with Gasteiger partial charge < -0.3 is 10.1 Å². The van der Waals surface area contributed by atoms with Gasteiger partial charge in [0.05, 0.1) is 19.9 Å². The molecule has 0 spiro atoms. The summed E-state index contributed by atoms with van der Waals surface area (Å²) in [6.45, 7) is 2.01. The number of nitrogens with zero attached hydrogens (tertiary/aromatic N) is 1. The molecular formula is C17H18ClN3O2. The molecule has 0 saturated carbocycles. The average molecular weight is 332 g/mol. The molecule has 5 nitrogen and oxygen atoms in total. The van der Waals surface area contributed by atoms with Crippen LogP contribution in [-0.2, 0) is 4.79 Å². The van der Waals surface area contributed by atoms with Gasteiger partial charge in [-0.15, -0.1) is 0 Å².